The zero-order valence-corrected chi connectivity index (χ0v) is 18.7. The van der Waals surface area contributed by atoms with E-state index in [1.165, 1.54) is 0 Å². The number of fused-ring (bicyclic) bond motifs is 3. The third-order valence-electron chi connectivity index (χ3n) is 6.41. The van der Waals surface area contributed by atoms with Crippen LogP contribution in [0.4, 0.5) is 0 Å². The highest BCUT2D eigenvalue weighted by Crippen LogP contribution is 2.39. The molecule has 4 nitrogen and oxygen atoms in total. The van der Waals surface area contributed by atoms with Crippen molar-refractivity contribution >= 4 is 21.8 Å². The highest BCUT2D eigenvalue weighted by atomic mass is 15.0. The van der Waals surface area contributed by atoms with Crippen molar-refractivity contribution in [2.24, 2.45) is 0 Å². The molecule has 0 unspecified atom stereocenters. The Labute approximate surface area is 202 Å². The molecule has 162 valence electrons. The zero-order valence-electron chi connectivity index (χ0n) is 18.7. The van der Waals surface area contributed by atoms with Crippen LogP contribution in [0, 0.1) is 22.7 Å². The van der Waals surface area contributed by atoms with Crippen LogP contribution in [0.25, 0.3) is 49.7 Å². The summed E-state index contributed by atoms with van der Waals surface area (Å²) in [6.07, 6.45) is 3.47. The van der Waals surface area contributed by atoms with Crippen LogP contribution in [-0.4, -0.2) is 9.55 Å². The van der Waals surface area contributed by atoms with Crippen LogP contribution >= 0.6 is 0 Å². The van der Waals surface area contributed by atoms with Crippen molar-refractivity contribution in [3.8, 4) is 40.1 Å². The smallest absolute Gasteiger partial charge is 0.0998 e. The third-order valence-corrected chi connectivity index (χ3v) is 6.41. The van der Waals surface area contributed by atoms with Crippen LogP contribution in [0.5, 0.6) is 0 Å². The standard InChI is InChI=1S/C31H18N4/c32-19-22-6-1-2-7-25(22)27-9-5-10-28-26-8-3-4-11-30(26)35(31(27)28)24-13-12-23(20-33)29(18-24)21-14-16-34-17-15-21/h1-18H. The summed E-state index contributed by atoms with van der Waals surface area (Å²) in [5.74, 6) is 0. The predicted molar refractivity (Wildman–Crippen MR) is 139 cm³/mol. The van der Waals surface area contributed by atoms with Gasteiger partial charge in [0.05, 0.1) is 34.3 Å². The van der Waals surface area contributed by atoms with Crippen molar-refractivity contribution in [3.05, 3.63) is 121 Å². The molecule has 0 radical (unpaired) electrons. The monoisotopic (exact) mass is 446 g/mol. The van der Waals surface area contributed by atoms with Gasteiger partial charge in [0, 0.05) is 45.5 Å². The summed E-state index contributed by atoms with van der Waals surface area (Å²) in [4.78, 5) is 4.13. The topological polar surface area (TPSA) is 65.4 Å². The second-order valence-electron chi connectivity index (χ2n) is 8.29. The summed E-state index contributed by atoms with van der Waals surface area (Å²) < 4.78 is 2.24. The molecule has 0 saturated heterocycles. The number of hydrogen-bond donors (Lipinski definition) is 0. The maximum Gasteiger partial charge on any atom is 0.0998 e. The van der Waals surface area contributed by atoms with Gasteiger partial charge in [0.15, 0.2) is 0 Å². The number of nitrogens with zero attached hydrogens (tertiary/aromatic N) is 4. The molecule has 0 bridgehead atoms. The fraction of sp³-hybridized carbons (Fsp3) is 0. The summed E-state index contributed by atoms with van der Waals surface area (Å²) in [5, 5.41) is 21.8. The van der Waals surface area contributed by atoms with E-state index in [2.05, 4.69) is 52.0 Å². The molecule has 0 aliphatic carbocycles. The van der Waals surface area contributed by atoms with Gasteiger partial charge < -0.3 is 4.57 Å². The van der Waals surface area contributed by atoms with Crippen LogP contribution in [0.15, 0.2) is 109 Å². The zero-order chi connectivity index (χ0) is 23.8. The van der Waals surface area contributed by atoms with Crippen LogP contribution in [-0.2, 0) is 0 Å². The van der Waals surface area contributed by atoms with Gasteiger partial charge in [-0.1, -0.05) is 54.6 Å². The molecule has 2 aromatic heterocycles. The second-order valence-corrected chi connectivity index (χ2v) is 8.29. The van der Waals surface area contributed by atoms with Crippen molar-refractivity contribution < 1.29 is 0 Å². The largest absolute Gasteiger partial charge is 0.309 e. The number of aromatic nitrogens is 2. The van der Waals surface area contributed by atoms with Crippen molar-refractivity contribution in [2.75, 3.05) is 0 Å². The van der Waals surface area contributed by atoms with Gasteiger partial charge in [-0.2, -0.15) is 10.5 Å². The van der Waals surface area contributed by atoms with Crippen LogP contribution in [0.2, 0.25) is 0 Å². The summed E-state index contributed by atoms with van der Waals surface area (Å²) in [6.45, 7) is 0. The maximum atomic E-state index is 9.81. The van der Waals surface area contributed by atoms with Gasteiger partial charge in [-0.25, -0.2) is 0 Å². The normalized spacial score (nSPS) is 10.8. The second kappa shape index (κ2) is 8.30. The van der Waals surface area contributed by atoms with E-state index in [4.69, 9.17) is 0 Å². The average Bonchev–Trinajstić information content (AvgIpc) is 3.28. The van der Waals surface area contributed by atoms with Gasteiger partial charge in [-0.05, 0) is 48.0 Å². The molecule has 35 heavy (non-hydrogen) atoms. The average molecular weight is 447 g/mol. The Morgan fingerprint density at radius 1 is 0.600 bits per heavy atom. The number of nitriles is 2. The number of hydrogen-bond acceptors (Lipinski definition) is 3. The highest BCUT2D eigenvalue weighted by molar-refractivity contribution is 6.14. The molecule has 0 spiro atoms. The summed E-state index contributed by atoms with van der Waals surface area (Å²) >= 11 is 0. The van der Waals surface area contributed by atoms with Gasteiger partial charge in [0.25, 0.3) is 0 Å². The van der Waals surface area contributed by atoms with Crippen LogP contribution in [0.3, 0.4) is 0 Å². The fourth-order valence-corrected chi connectivity index (χ4v) is 4.86. The minimum atomic E-state index is 0.607. The molecule has 0 N–H and O–H groups in total. The Balaban J connectivity index is 1.74. The van der Waals surface area contributed by atoms with E-state index in [1.807, 2.05) is 66.7 Å². The van der Waals surface area contributed by atoms with Gasteiger partial charge in [-0.3, -0.25) is 4.98 Å². The maximum absolute atomic E-state index is 9.81. The molecule has 0 saturated carbocycles. The lowest BCUT2D eigenvalue weighted by molar-refractivity contribution is 1.18. The fourth-order valence-electron chi connectivity index (χ4n) is 4.86. The number of rotatable bonds is 3. The van der Waals surface area contributed by atoms with Gasteiger partial charge in [-0.15, -0.1) is 0 Å². The molecule has 0 aliphatic heterocycles. The van der Waals surface area contributed by atoms with E-state index >= 15 is 0 Å². The predicted octanol–water partition coefficient (Wildman–Crippen LogP) is 7.26. The lowest BCUT2D eigenvalue weighted by Gasteiger charge is -2.14. The summed E-state index contributed by atoms with van der Waals surface area (Å²) in [5.41, 5.74) is 7.96. The quantitative estimate of drug-likeness (QED) is 0.287. The molecular formula is C31H18N4. The Kier molecular flexibility index (Phi) is 4.84. The minimum Gasteiger partial charge on any atom is -0.309 e. The molecule has 6 rings (SSSR count). The van der Waals surface area contributed by atoms with Crippen molar-refractivity contribution in [1.82, 2.24) is 9.55 Å². The molecule has 6 aromatic rings. The molecule has 0 atom stereocenters. The van der Waals surface area contributed by atoms with E-state index in [0.717, 1.165) is 49.7 Å². The molecule has 0 aliphatic rings. The van der Waals surface area contributed by atoms with Crippen LogP contribution < -0.4 is 0 Å². The van der Waals surface area contributed by atoms with E-state index in [9.17, 15) is 10.5 Å². The Bertz CT molecular complexity index is 1820. The van der Waals surface area contributed by atoms with E-state index < -0.39 is 0 Å². The van der Waals surface area contributed by atoms with Crippen molar-refractivity contribution in [1.29, 1.82) is 10.5 Å². The Hall–Kier alpha value is -5.19. The molecule has 0 amide bonds. The summed E-state index contributed by atoms with van der Waals surface area (Å²) in [7, 11) is 0. The van der Waals surface area contributed by atoms with Crippen molar-refractivity contribution in [3.63, 3.8) is 0 Å². The Morgan fingerprint density at radius 3 is 2.11 bits per heavy atom. The van der Waals surface area contributed by atoms with E-state index in [1.54, 1.807) is 12.4 Å². The number of para-hydroxylation sites is 2. The molecular weight excluding hydrogens is 428 g/mol. The van der Waals surface area contributed by atoms with Gasteiger partial charge >= 0.3 is 0 Å². The van der Waals surface area contributed by atoms with E-state index in [0.29, 0.717) is 11.1 Å². The number of pyridine rings is 1. The Morgan fingerprint density at radius 2 is 1.29 bits per heavy atom. The first-order chi connectivity index (χ1) is 17.3. The molecule has 0 fully saturated rings. The SMILES string of the molecule is N#Cc1ccc(-n2c3ccccc3c3cccc(-c4ccccc4C#N)c32)cc1-c1ccncc1. The summed E-state index contributed by atoms with van der Waals surface area (Å²) in [6, 6.07) is 36.7. The van der Waals surface area contributed by atoms with Crippen molar-refractivity contribution in [2.45, 2.75) is 0 Å². The number of benzene rings is 4. The molecule has 4 aromatic carbocycles. The first kappa shape index (κ1) is 20.4. The first-order valence-corrected chi connectivity index (χ1v) is 11.3. The molecule has 2 heterocycles. The lowest BCUT2D eigenvalue weighted by Crippen LogP contribution is -1.98. The lowest BCUT2D eigenvalue weighted by atomic mass is 9.97. The van der Waals surface area contributed by atoms with Crippen LogP contribution in [0.1, 0.15) is 11.1 Å². The highest BCUT2D eigenvalue weighted by Gasteiger charge is 2.18. The minimum absolute atomic E-state index is 0.607. The first-order valence-electron chi connectivity index (χ1n) is 11.3. The van der Waals surface area contributed by atoms with E-state index in [-0.39, 0.29) is 0 Å². The third kappa shape index (κ3) is 3.25. The molecule has 4 heteroatoms. The van der Waals surface area contributed by atoms with Gasteiger partial charge in [0.2, 0.25) is 0 Å². The van der Waals surface area contributed by atoms with Gasteiger partial charge in [0.1, 0.15) is 0 Å².